The van der Waals surface area contributed by atoms with Gasteiger partial charge >= 0.3 is 0 Å². The summed E-state index contributed by atoms with van der Waals surface area (Å²) >= 11 is 0. The quantitative estimate of drug-likeness (QED) is 0.267. The third kappa shape index (κ3) is 7.41. The summed E-state index contributed by atoms with van der Waals surface area (Å²) in [6.07, 6.45) is 0.709. The van der Waals surface area contributed by atoms with E-state index in [1.54, 1.807) is 25.1 Å². The molecular formula is C28H32N4O6S. The number of hydrogen-bond acceptors (Lipinski definition) is 6. The van der Waals surface area contributed by atoms with Gasteiger partial charge in [-0.3, -0.25) is 24.0 Å². The molecular weight excluding hydrogens is 520 g/mol. The van der Waals surface area contributed by atoms with Crippen LogP contribution in [0.2, 0.25) is 0 Å². The Morgan fingerprint density at radius 2 is 1.67 bits per heavy atom. The monoisotopic (exact) mass is 552 g/mol. The fourth-order valence-corrected chi connectivity index (χ4v) is 5.31. The van der Waals surface area contributed by atoms with E-state index >= 15 is 0 Å². The van der Waals surface area contributed by atoms with E-state index in [1.807, 2.05) is 38.1 Å². The third-order valence-corrected chi connectivity index (χ3v) is 7.92. The molecule has 0 aliphatic heterocycles. The second kappa shape index (κ2) is 13.0. The van der Waals surface area contributed by atoms with Crippen LogP contribution in [0.15, 0.2) is 83.8 Å². The minimum absolute atomic E-state index is 0.0419. The summed E-state index contributed by atoms with van der Waals surface area (Å²) in [6, 6.07) is 19.1. The van der Waals surface area contributed by atoms with Crippen LogP contribution in [0.3, 0.4) is 0 Å². The Balaban J connectivity index is 2.04. The highest BCUT2D eigenvalue weighted by Gasteiger charge is 2.33. The van der Waals surface area contributed by atoms with E-state index in [1.165, 1.54) is 35.2 Å². The van der Waals surface area contributed by atoms with Crippen LogP contribution >= 0.6 is 0 Å². The summed E-state index contributed by atoms with van der Waals surface area (Å²) in [4.78, 5) is 38.7. The molecule has 0 aliphatic carbocycles. The molecule has 206 valence electrons. The molecule has 0 spiro atoms. The molecule has 0 bridgehead atoms. The molecule has 10 nitrogen and oxygen atoms in total. The lowest BCUT2D eigenvalue weighted by molar-refractivity contribution is -0.384. The number of benzene rings is 3. The van der Waals surface area contributed by atoms with Gasteiger partial charge < -0.3 is 10.2 Å². The lowest BCUT2D eigenvalue weighted by atomic mass is 10.1. The Kier molecular flexibility index (Phi) is 9.78. The van der Waals surface area contributed by atoms with Crippen molar-refractivity contribution in [2.24, 2.45) is 0 Å². The highest BCUT2D eigenvalue weighted by molar-refractivity contribution is 7.92. The van der Waals surface area contributed by atoms with Gasteiger partial charge in [-0.2, -0.15) is 0 Å². The van der Waals surface area contributed by atoms with E-state index in [9.17, 15) is 28.1 Å². The molecule has 0 radical (unpaired) electrons. The van der Waals surface area contributed by atoms with Gasteiger partial charge in [0.05, 0.1) is 15.5 Å². The first-order valence-electron chi connectivity index (χ1n) is 12.5. The van der Waals surface area contributed by atoms with Crippen LogP contribution in [0.5, 0.6) is 0 Å². The van der Waals surface area contributed by atoms with Crippen LogP contribution in [0.4, 0.5) is 11.4 Å². The molecule has 0 fully saturated rings. The lowest BCUT2D eigenvalue weighted by Gasteiger charge is -2.32. The molecule has 0 heterocycles. The zero-order valence-corrected chi connectivity index (χ0v) is 22.9. The van der Waals surface area contributed by atoms with Crippen molar-refractivity contribution in [3.05, 3.63) is 100 Å². The standard InChI is InChI=1S/C28H32N4O6S/c1-4-17-29-28(34)22(3)30(19-23-15-13-21(2)14-16-23)27(33)20-31(24-9-8-10-25(18-24)32(35)36)39(37,38)26-11-6-5-7-12-26/h5-16,18,22H,4,17,19-20H2,1-3H3,(H,29,34). The smallest absolute Gasteiger partial charge is 0.271 e. The van der Waals surface area contributed by atoms with Crippen LogP contribution in [-0.2, 0) is 26.2 Å². The van der Waals surface area contributed by atoms with Gasteiger partial charge in [-0.25, -0.2) is 8.42 Å². The molecule has 0 aromatic heterocycles. The Labute approximate surface area is 228 Å². The van der Waals surface area contributed by atoms with Gasteiger partial charge in [0.25, 0.3) is 15.7 Å². The van der Waals surface area contributed by atoms with Crippen LogP contribution in [0.25, 0.3) is 0 Å². The summed E-state index contributed by atoms with van der Waals surface area (Å²) < 4.78 is 28.3. The average molecular weight is 553 g/mol. The molecule has 11 heteroatoms. The summed E-state index contributed by atoms with van der Waals surface area (Å²) in [7, 11) is -4.30. The van der Waals surface area contributed by atoms with E-state index < -0.39 is 33.4 Å². The summed E-state index contributed by atoms with van der Waals surface area (Å²) in [5, 5.41) is 14.2. The first-order valence-corrected chi connectivity index (χ1v) is 13.9. The molecule has 3 aromatic rings. The van der Waals surface area contributed by atoms with Gasteiger partial charge in [0.1, 0.15) is 12.6 Å². The first-order chi connectivity index (χ1) is 18.5. The number of nitrogens with zero attached hydrogens (tertiary/aromatic N) is 3. The fraction of sp³-hybridized carbons (Fsp3) is 0.286. The van der Waals surface area contributed by atoms with E-state index in [2.05, 4.69) is 5.32 Å². The van der Waals surface area contributed by atoms with Gasteiger partial charge in [0.2, 0.25) is 11.8 Å². The molecule has 3 rings (SSSR count). The van der Waals surface area contributed by atoms with Crippen LogP contribution in [0, 0.1) is 17.0 Å². The van der Waals surface area contributed by atoms with Gasteiger partial charge in [-0.05, 0) is 44.0 Å². The summed E-state index contributed by atoms with van der Waals surface area (Å²) in [5.41, 5.74) is 1.42. The predicted molar refractivity (Wildman–Crippen MR) is 149 cm³/mol. The van der Waals surface area contributed by atoms with E-state index in [4.69, 9.17) is 0 Å². The third-order valence-electron chi connectivity index (χ3n) is 6.13. The maximum absolute atomic E-state index is 13.8. The number of anilines is 1. The molecule has 1 N–H and O–H groups in total. The first kappa shape index (κ1) is 29.3. The van der Waals surface area contributed by atoms with Crippen molar-refractivity contribution in [1.29, 1.82) is 0 Å². The predicted octanol–water partition coefficient (Wildman–Crippen LogP) is 4.04. The normalized spacial score (nSPS) is 11.9. The Bertz CT molecular complexity index is 1410. The SMILES string of the molecule is CCCNC(=O)C(C)N(Cc1ccc(C)cc1)C(=O)CN(c1cccc([N+](=O)[O-])c1)S(=O)(=O)c1ccccc1. The number of carbonyl (C=O) groups is 2. The number of nitrogens with one attached hydrogen (secondary N) is 1. The number of sulfonamides is 1. The maximum atomic E-state index is 13.8. The Morgan fingerprint density at radius 1 is 1.00 bits per heavy atom. The van der Waals surface area contributed by atoms with E-state index in [-0.39, 0.29) is 28.7 Å². The van der Waals surface area contributed by atoms with Crippen molar-refractivity contribution in [2.75, 3.05) is 17.4 Å². The maximum Gasteiger partial charge on any atom is 0.271 e. The van der Waals surface area contributed by atoms with Gasteiger partial charge in [0, 0.05) is 25.2 Å². The van der Waals surface area contributed by atoms with Gasteiger partial charge in [-0.1, -0.05) is 61.0 Å². The van der Waals surface area contributed by atoms with E-state index in [0.29, 0.717) is 13.0 Å². The number of carbonyl (C=O) groups excluding carboxylic acids is 2. The largest absolute Gasteiger partial charge is 0.354 e. The summed E-state index contributed by atoms with van der Waals surface area (Å²) in [6.45, 7) is 5.24. The number of non-ortho nitro benzene ring substituents is 1. The number of hydrogen-bond donors (Lipinski definition) is 1. The molecule has 0 saturated heterocycles. The lowest BCUT2D eigenvalue weighted by Crippen LogP contribution is -2.51. The molecule has 0 aliphatic rings. The van der Waals surface area contributed by atoms with Crippen molar-refractivity contribution in [2.45, 2.75) is 44.7 Å². The number of rotatable bonds is 12. The molecule has 0 saturated carbocycles. The van der Waals surface area contributed by atoms with Crippen molar-refractivity contribution in [3.63, 3.8) is 0 Å². The van der Waals surface area contributed by atoms with Crippen molar-refractivity contribution in [1.82, 2.24) is 10.2 Å². The van der Waals surface area contributed by atoms with E-state index in [0.717, 1.165) is 21.5 Å². The average Bonchev–Trinajstić information content (AvgIpc) is 2.94. The Morgan fingerprint density at radius 3 is 2.28 bits per heavy atom. The highest BCUT2D eigenvalue weighted by atomic mass is 32.2. The number of nitro groups is 1. The molecule has 1 atom stereocenters. The number of nitro benzene ring substituents is 1. The summed E-state index contributed by atoms with van der Waals surface area (Å²) in [5.74, 6) is -1.01. The number of aryl methyl sites for hydroxylation is 1. The van der Waals surface area contributed by atoms with Gasteiger partial charge in [-0.15, -0.1) is 0 Å². The van der Waals surface area contributed by atoms with Crippen molar-refractivity contribution < 1.29 is 22.9 Å². The van der Waals surface area contributed by atoms with Crippen LogP contribution in [0.1, 0.15) is 31.4 Å². The molecule has 3 aromatic carbocycles. The second-order valence-electron chi connectivity index (χ2n) is 9.08. The van der Waals surface area contributed by atoms with Crippen molar-refractivity contribution >= 4 is 33.2 Å². The van der Waals surface area contributed by atoms with Crippen LogP contribution < -0.4 is 9.62 Å². The van der Waals surface area contributed by atoms with Crippen LogP contribution in [-0.4, -0.2) is 49.2 Å². The minimum Gasteiger partial charge on any atom is -0.354 e. The number of amides is 2. The molecule has 1 unspecified atom stereocenters. The fourth-order valence-electron chi connectivity index (χ4n) is 3.88. The minimum atomic E-state index is -4.30. The molecule has 39 heavy (non-hydrogen) atoms. The zero-order chi connectivity index (χ0) is 28.6. The van der Waals surface area contributed by atoms with Gasteiger partial charge in [0.15, 0.2) is 0 Å². The zero-order valence-electron chi connectivity index (χ0n) is 22.1. The topological polar surface area (TPSA) is 130 Å². The van der Waals surface area contributed by atoms with Crippen molar-refractivity contribution in [3.8, 4) is 0 Å². The Hall–Kier alpha value is -4.25. The molecule has 2 amide bonds. The second-order valence-corrected chi connectivity index (χ2v) is 10.9. The highest BCUT2D eigenvalue weighted by Crippen LogP contribution is 2.27.